The van der Waals surface area contributed by atoms with Gasteiger partial charge in [-0.15, -0.1) is 0 Å². The molecule has 0 amide bonds. The first-order chi connectivity index (χ1) is 31.2. The normalized spacial score (nSPS) is 13.0. The van der Waals surface area contributed by atoms with Crippen molar-refractivity contribution in [2.75, 3.05) is 0 Å². The van der Waals surface area contributed by atoms with Crippen LogP contribution >= 0.6 is 14.5 Å². The number of fused-ring (bicyclic) bond motifs is 3. The van der Waals surface area contributed by atoms with Gasteiger partial charge in [-0.3, -0.25) is 0 Å². The van der Waals surface area contributed by atoms with Gasteiger partial charge in [0.25, 0.3) is 0 Å². The van der Waals surface area contributed by atoms with Crippen LogP contribution in [0.5, 0.6) is 0 Å². The second kappa shape index (κ2) is 19.6. The minimum atomic E-state index is -2.31. The SMILES string of the molecule is CCCCCCC1(CCCCCC)c2cc([P+](c3ccccc3)(c3ccccc3)c3ccccc3)ccc2-c2ccc([P+](c3ccccc3)(c3ccccc3)c3ccccc3)cc21. The number of benzene rings is 8. The molecule has 0 unspecified atom stereocenters. The van der Waals surface area contributed by atoms with Crippen LogP contribution in [-0.4, -0.2) is 0 Å². The van der Waals surface area contributed by atoms with Gasteiger partial charge < -0.3 is 0 Å². The van der Waals surface area contributed by atoms with Crippen LogP contribution in [0.4, 0.5) is 0 Å². The van der Waals surface area contributed by atoms with Gasteiger partial charge in [-0.05, 0) is 132 Å². The molecule has 8 aromatic rings. The van der Waals surface area contributed by atoms with Gasteiger partial charge in [-0.2, -0.15) is 0 Å². The van der Waals surface area contributed by atoms with Crippen molar-refractivity contribution in [1.29, 1.82) is 0 Å². The van der Waals surface area contributed by atoms with Crippen LogP contribution in [0.3, 0.4) is 0 Å². The minimum absolute atomic E-state index is 0.113. The van der Waals surface area contributed by atoms with Gasteiger partial charge >= 0.3 is 0 Å². The summed E-state index contributed by atoms with van der Waals surface area (Å²) in [4.78, 5) is 0. The molecule has 0 saturated heterocycles. The van der Waals surface area contributed by atoms with E-state index in [1.807, 2.05) is 0 Å². The molecule has 0 radical (unpaired) electrons. The Balaban J connectivity index is 1.34. The van der Waals surface area contributed by atoms with Crippen molar-refractivity contribution in [3.05, 3.63) is 230 Å². The van der Waals surface area contributed by atoms with Crippen LogP contribution < -0.4 is 42.4 Å². The molecule has 0 fully saturated rings. The van der Waals surface area contributed by atoms with Gasteiger partial charge in [0, 0.05) is 5.41 Å². The second-order valence-corrected chi connectivity index (χ2v) is 24.3. The van der Waals surface area contributed by atoms with Crippen molar-refractivity contribution in [3.63, 3.8) is 0 Å². The Morgan fingerprint density at radius 1 is 0.286 bits per heavy atom. The van der Waals surface area contributed by atoms with E-state index >= 15 is 0 Å². The third-order valence-electron chi connectivity index (χ3n) is 13.9. The fourth-order valence-corrected chi connectivity index (χ4v) is 19.5. The predicted octanol–water partition coefficient (Wildman–Crippen LogP) is 13.1. The van der Waals surface area contributed by atoms with E-state index < -0.39 is 14.5 Å². The first kappa shape index (κ1) is 42.9. The average molecular weight is 857 g/mol. The average Bonchev–Trinajstić information content (AvgIpc) is 3.62. The van der Waals surface area contributed by atoms with Gasteiger partial charge in [0.2, 0.25) is 0 Å². The van der Waals surface area contributed by atoms with Crippen LogP contribution in [-0.2, 0) is 5.41 Å². The molecule has 0 spiro atoms. The fraction of sp³-hybridized carbons (Fsp3) is 0.213. The molecule has 0 saturated carbocycles. The zero-order chi connectivity index (χ0) is 43.0. The Hall–Kier alpha value is -5.38. The summed E-state index contributed by atoms with van der Waals surface area (Å²) in [5.41, 5.74) is 5.85. The van der Waals surface area contributed by atoms with Gasteiger partial charge in [0.15, 0.2) is 0 Å². The van der Waals surface area contributed by atoms with E-state index in [2.05, 4.69) is 232 Å². The molecular weight excluding hydrogens is 795 g/mol. The summed E-state index contributed by atoms with van der Waals surface area (Å²) in [6.45, 7) is 4.69. The number of unbranched alkanes of at least 4 members (excludes halogenated alkanes) is 6. The predicted molar refractivity (Wildman–Crippen MR) is 280 cm³/mol. The van der Waals surface area contributed by atoms with E-state index in [9.17, 15) is 0 Å². The number of hydrogen-bond donors (Lipinski definition) is 0. The molecular formula is C61H62P2+2. The monoisotopic (exact) mass is 856 g/mol. The molecule has 0 aliphatic heterocycles. The molecule has 1 aliphatic carbocycles. The highest BCUT2D eigenvalue weighted by Crippen LogP contribution is 2.60. The molecule has 8 aromatic carbocycles. The van der Waals surface area contributed by atoms with Gasteiger partial charge in [-0.1, -0.05) is 187 Å². The van der Waals surface area contributed by atoms with E-state index in [1.165, 1.54) is 105 Å². The standard InChI is InChI=1S/C61H62P2/c1-3-5-7-27-45-61(46-28-8-6-4-2)59-47-55(62(49-29-15-9-16-30-49,50-31-17-10-18-32-50)51-33-19-11-20-34-51)41-43-57(59)58-44-42-56(48-60(58)61)63(52-35-21-12-22-36-52,53-37-23-13-24-38-53)54-39-25-14-26-40-54/h9-26,29-44,47-48H,3-8,27-28,45-46H2,1-2H3/q+2. The third kappa shape index (κ3) is 7.86. The lowest BCUT2D eigenvalue weighted by atomic mass is 9.70. The van der Waals surface area contributed by atoms with Crippen molar-refractivity contribution in [3.8, 4) is 11.1 Å². The fourth-order valence-electron chi connectivity index (χ4n) is 11.0. The molecule has 0 bridgehead atoms. The summed E-state index contributed by atoms with van der Waals surface area (Å²) in [6, 6.07) is 84.3. The van der Waals surface area contributed by atoms with Crippen LogP contribution in [0.1, 0.15) is 89.2 Å². The molecule has 9 rings (SSSR count). The third-order valence-corrected chi connectivity index (χ3v) is 22.4. The number of hydrogen-bond acceptors (Lipinski definition) is 0. The van der Waals surface area contributed by atoms with Gasteiger partial charge in [-0.25, -0.2) is 0 Å². The molecule has 0 N–H and O–H groups in total. The largest absolute Gasteiger partial charge is 0.144 e. The Labute approximate surface area is 379 Å². The molecule has 0 heterocycles. The topological polar surface area (TPSA) is 0 Å². The van der Waals surface area contributed by atoms with Crippen molar-refractivity contribution < 1.29 is 0 Å². The summed E-state index contributed by atoms with van der Waals surface area (Å²) in [6.07, 6.45) is 12.3. The Kier molecular flexibility index (Phi) is 13.3. The maximum atomic E-state index is 2.74. The summed E-state index contributed by atoms with van der Waals surface area (Å²) >= 11 is 0. The molecule has 0 atom stereocenters. The summed E-state index contributed by atoms with van der Waals surface area (Å²) in [5, 5.41) is 11.3. The molecule has 63 heavy (non-hydrogen) atoms. The lowest BCUT2D eigenvalue weighted by Gasteiger charge is -2.35. The first-order valence-corrected chi connectivity index (χ1v) is 27.2. The molecule has 0 nitrogen and oxygen atoms in total. The Morgan fingerprint density at radius 3 is 0.810 bits per heavy atom. The zero-order valence-corrected chi connectivity index (χ0v) is 39.0. The van der Waals surface area contributed by atoms with E-state index in [0.717, 1.165) is 12.8 Å². The van der Waals surface area contributed by atoms with Crippen LogP contribution in [0.2, 0.25) is 0 Å². The van der Waals surface area contributed by atoms with Crippen molar-refractivity contribution in [1.82, 2.24) is 0 Å². The van der Waals surface area contributed by atoms with Crippen molar-refractivity contribution in [2.45, 2.75) is 83.5 Å². The van der Waals surface area contributed by atoms with Gasteiger partial charge in [0.05, 0.1) is 0 Å². The van der Waals surface area contributed by atoms with E-state index in [0.29, 0.717) is 0 Å². The zero-order valence-electron chi connectivity index (χ0n) is 37.3. The maximum Gasteiger partial charge on any atom is 0.144 e. The molecule has 2 heteroatoms. The molecule has 0 aromatic heterocycles. The second-order valence-electron chi connectivity index (χ2n) is 17.5. The lowest BCUT2D eigenvalue weighted by Crippen LogP contribution is -2.40. The number of rotatable bonds is 18. The Bertz CT molecular complexity index is 2290. The summed E-state index contributed by atoms with van der Waals surface area (Å²) in [5.74, 6) is 0. The van der Waals surface area contributed by atoms with E-state index in [1.54, 1.807) is 11.1 Å². The smallest absolute Gasteiger partial charge is 0.0654 e. The first-order valence-electron chi connectivity index (χ1n) is 23.6. The maximum absolute atomic E-state index is 2.74. The van der Waals surface area contributed by atoms with E-state index in [-0.39, 0.29) is 5.41 Å². The molecule has 314 valence electrons. The highest BCUT2D eigenvalue weighted by atomic mass is 31.2. The quantitative estimate of drug-likeness (QED) is 0.0596. The van der Waals surface area contributed by atoms with E-state index in [4.69, 9.17) is 0 Å². The van der Waals surface area contributed by atoms with Crippen molar-refractivity contribution in [2.24, 2.45) is 0 Å². The van der Waals surface area contributed by atoms with Crippen molar-refractivity contribution >= 4 is 57.0 Å². The minimum Gasteiger partial charge on any atom is -0.0654 e. The highest BCUT2D eigenvalue weighted by molar-refractivity contribution is 8.02. The lowest BCUT2D eigenvalue weighted by molar-refractivity contribution is 0.401. The molecule has 1 aliphatic rings. The Morgan fingerprint density at radius 2 is 0.556 bits per heavy atom. The van der Waals surface area contributed by atoms with Crippen LogP contribution in [0.15, 0.2) is 218 Å². The highest BCUT2D eigenvalue weighted by Gasteiger charge is 2.53. The van der Waals surface area contributed by atoms with Gasteiger partial charge in [0.1, 0.15) is 57.0 Å². The van der Waals surface area contributed by atoms with Crippen LogP contribution in [0.25, 0.3) is 11.1 Å². The summed E-state index contributed by atoms with van der Waals surface area (Å²) in [7, 11) is -4.63. The van der Waals surface area contributed by atoms with Crippen LogP contribution in [0, 0.1) is 0 Å². The summed E-state index contributed by atoms with van der Waals surface area (Å²) < 4.78 is 0.